The summed E-state index contributed by atoms with van der Waals surface area (Å²) >= 11 is 0. The van der Waals surface area contributed by atoms with E-state index in [2.05, 4.69) is 10.6 Å². The summed E-state index contributed by atoms with van der Waals surface area (Å²) in [5, 5.41) is 13.2. The predicted octanol–water partition coefficient (Wildman–Crippen LogP) is -4.30. The Morgan fingerprint density at radius 3 is 2.00 bits per heavy atom. The van der Waals surface area contributed by atoms with E-state index in [9.17, 15) is 18.9 Å². The average molecular weight is 346 g/mol. The number of carbonyl (C=O) groups excluding carboxylic acids is 2. The molecule has 122 valence electrons. The standard InChI is InChI=1S/C11H22N3O6P.Na/c1-6(9(15)14-7(2)11(17)18)13-10(16)8(12)4-5-21(3,19)20;/h6-8H,4-5,12H2,1-3H3,(H,13,16)(H,14,15)(H,17,18)(H,19,20);/q;+1/t6-,7-,8?;/m0./s1. The van der Waals surface area contributed by atoms with E-state index >= 15 is 0 Å². The molecule has 0 saturated carbocycles. The maximum Gasteiger partial charge on any atom is 1.00 e. The van der Waals surface area contributed by atoms with Gasteiger partial charge in [-0.15, -0.1) is 0 Å². The van der Waals surface area contributed by atoms with Crippen molar-refractivity contribution in [1.29, 1.82) is 0 Å². The molecule has 11 heteroatoms. The first-order valence-electron chi connectivity index (χ1n) is 6.32. The minimum absolute atomic E-state index is 0. The van der Waals surface area contributed by atoms with Gasteiger partial charge in [0.15, 0.2) is 7.37 Å². The smallest absolute Gasteiger partial charge is 0.480 e. The minimum Gasteiger partial charge on any atom is -0.480 e. The molecule has 0 radical (unpaired) electrons. The van der Waals surface area contributed by atoms with Crippen LogP contribution in [0.1, 0.15) is 20.3 Å². The first-order valence-corrected chi connectivity index (χ1v) is 8.61. The molecule has 0 fully saturated rings. The van der Waals surface area contributed by atoms with E-state index < -0.39 is 43.3 Å². The van der Waals surface area contributed by atoms with Crippen LogP contribution in [0.5, 0.6) is 0 Å². The maximum absolute atomic E-state index is 11.7. The van der Waals surface area contributed by atoms with Gasteiger partial charge >= 0.3 is 35.5 Å². The van der Waals surface area contributed by atoms with Crippen LogP contribution in [0, 0.1) is 0 Å². The van der Waals surface area contributed by atoms with Crippen molar-refractivity contribution < 1.29 is 58.5 Å². The van der Waals surface area contributed by atoms with E-state index in [4.69, 9.17) is 15.7 Å². The Hall–Kier alpha value is -0.440. The van der Waals surface area contributed by atoms with E-state index in [-0.39, 0.29) is 42.1 Å². The molecule has 0 saturated heterocycles. The Morgan fingerprint density at radius 2 is 1.59 bits per heavy atom. The van der Waals surface area contributed by atoms with Crippen molar-refractivity contribution in [3.63, 3.8) is 0 Å². The van der Waals surface area contributed by atoms with Gasteiger partial charge in [-0.05, 0) is 20.3 Å². The van der Waals surface area contributed by atoms with Crippen molar-refractivity contribution in [2.45, 2.75) is 38.4 Å². The molecular weight excluding hydrogens is 324 g/mol. The normalized spacial score (nSPS) is 17.1. The topological polar surface area (TPSA) is 159 Å². The van der Waals surface area contributed by atoms with Gasteiger partial charge < -0.3 is 26.4 Å². The van der Waals surface area contributed by atoms with Crippen molar-refractivity contribution in [1.82, 2.24) is 10.6 Å². The number of rotatable bonds is 8. The summed E-state index contributed by atoms with van der Waals surface area (Å²) in [6.45, 7) is 3.84. The van der Waals surface area contributed by atoms with Crippen LogP contribution in [0.25, 0.3) is 0 Å². The van der Waals surface area contributed by atoms with E-state index in [0.29, 0.717) is 0 Å². The number of carboxylic acid groups (broad SMARTS) is 1. The van der Waals surface area contributed by atoms with E-state index in [1.807, 2.05) is 0 Å². The van der Waals surface area contributed by atoms with Crippen molar-refractivity contribution >= 4 is 25.2 Å². The van der Waals surface area contributed by atoms with Crippen molar-refractivity contribution in [2.75, 3.05) is 12.8 Å². The Balaban J connectivity index is 0. The zero-order chi connectivity index (χ0) is 16.8. The summed E-state index contributed by atoms with van der Waals surface area (Å²) in [5.74, 6) is -2.50. The molecule has 0 aliphatic carbocycles. The zero-order valence-electron chi connectivity index (χ0n) is 13.2. The third kappa shape index (κ3) is 10.3. The molecule has 2 amide bonds. The summed E-state index contributed by atoms with van der Waals surface area (Å²) in [6.07, 6.45) is -0.0891. The van der Waals surface area contributed by atoms with Gasteiger partial charge in [0, 0.05) is 12.8 Å². The quantitative estimate of drug-likeness (QED) is 0.220. The van der Waals surface area contributed by atoms with E-state index in [1.165, 1.54) is 20.5 Å². The summed E-state index contributed by atoms with van der Waals surface area (Å²) in [4.78, 5) is 43.0. The molecule has 6 N–H and O–H groups in total. The van der Waals surface area contributed by atoms with Gasteiger partial charge in [-0.1, -0.05) is 0 Å². The van der Waals surface area contributed by atoms with Crippen LogP contribution in [0.3, 0.4) is 0 Å². The SMILES string of the molecule is C[C@H](NC(=O)[C@H](C)NC(=O)C(N)CCP(C)(=O)O)C(=O)O.[Na+]. The number of nitrogens with two attached hydrogens (primary N) is 1. The molecule has 0 aromatic rings. The van der Waals surface area contributed by atoms with Crippen LogP contribution < -0.4 is 45.9 Å². The second-order valence-electron chi connectivity index (χ2n) is 4.97. The van der Waals surface area contributed by atoms with E-state index in [1.54, 1.807) is 0 Å². The third-order valence-corrected chi connectivity index (χ3v) is 3.76. The first-order chi connectivity index (χ1) is 9.44. The second kappa shape index (κ2) is 10.4. The molecule has 4 atom stereocenters. The van der Waals surface area contributed by atoms with Gasteiger partial charge in [0.1, 0.15) is 12.1 Å². The fourth-order valence-electron chi connectivity index (χ4n) is 1.30. The number of hydrogen-bond donors (Lipinski definition) is 5. The number of carboxylic acids is 1. The number of nitrogens with one attached hydrogen (secondary N) is 2. The molecule has 0 spiro atoms. The molecular formula is C11H22N3NaO6P+. The first kappa shape index (κ1) is 23.8. The van der Waals surface area contributed by atoms with Crippen LogP contribution in [0.2, 0.25) is 0 Å². The maximum atomic E-state index is 11.7. The predicted molar refractivity (Wildman–Crippen MR) is 76.1 cm³/mol. The molecule has 0 aliphatic rings. The third-order valence-electron chi connectivity index (χ3n) is 2.67. The molecule has 22 heavy (non-hydrogen) atoms. The van der Waals surface area contributed by atoms with Gasteiger partial charge in [0.2, 0.25) is 11.8 Å². The van der Waals surface area contributed by atoms with Crippen molar-refractivity contribution in [3.8, 4) is 0 Å². The summed E-state index contributed by atoms with van der Waals surface area (Å²) in [5.41, 5.74) is 5.55. The summed E-state index contributed by atoms with van der Waals surface area (Å²) < 4.78 is 11.1. The molecule has 0 aliphatic heterocycles. The Bertz CT molecular complexity index is 455. The average Bonchev–Trinajstić information content (AvgIpc) is 2.34. The molecule has 0 bridgehead atoms. The van der Waals surface area contributed by atoms with Gasteiger partial charge in [-0.2, -0.15) is 0 Å². The molecule has 0 aromatic heterocycles. The van der Waals surface area contributed by atoms with Crippen LogP contribution in [-0.2, 0) is 18.9 Å². The number of aliphatic carboxylic acids is 1. The molecule has 0 aromatic carbocycles. The molecule has 2 unspecified atom stereocenters. The fourth-order valence-corrected chi connectivity index (χ4v) is 2.05. The fraction of sp³-hybridized carbons (Fsp3) is 0.727. The monoisotopic (exact) mass is 346 g/mol. The van der Waals surface area contributed by atoms with Crippen LogP contribution in [0.4, 0.5) is 0 Å². The van der Waals surface area contributed by atoms with E-state index in [0.717, 1.165) is 0 Å². The van der Waals surface area contributed by atoms with Gasteiger partial charge in [0.25, 0.3) is 0 Å². The van der Waals surface area contributed by atoms with Gasteiger partial charge in [-0.3, -0.25) is 18.9 Å². The van der Waals surface area contributed by atoms with Crippen LogP contribution >= 0.6 is 7.37 Å². The van der Waals surface area contributed by atoms with Crippen LogP contribution in [0.15, 0.2) is 0 Å². The number of hydrogen-bond acceptors (Lipinski definition) is 5. The number of carbonyl (C=O) groups is 3. The summed E-state index contributed by atoms with van der Waals surface area (Å²) in [7, 11) is -3.25. The molecule has 0 rings (SSSR count). The Labute approximate surface area is 151 Å². The van der Waals surface area contributed by atoms with Crippen LogP contribution in [-0.4, -0.2) is 58.7 Å². The Kier molecular flexibility index (Phi) is 11.2. The van der Waals surface area contributed by atoms with Gasteiger partial charge in [0.05, 0.1) is 6.04 Å². The second-order valence-corrected chi connectivity index (χ2v) is 7.52. The largest absolute Gasteiger partial charge is 1.00 e. The minimum atomic E-state index is -3.25. The number of amides is 2. The Morgan fingerprint density at radius 1 is 1.14 bits per heavy atom. The van der Waals surface area contributed by atoms with Gasteiger partial charge in [-0.25, -0.2) is 0 Å². The zero-order valence-corrected chi connectivity index (χ0v) is 16.1. The molecule has 9 nitrogen and oxygen atoms in total. The summed E-state index contributed by atoms with van der Waals surface area (Å²) in [6, 6.07) is -3.06. The van der Waals surface area contributed by atoms with Crippen molar-refractivity contribution in [2.24, 2.45) is 5.73 Å². The molecule has 0 heterocycles. The van der Waals surface area contributed by atoms with Crippen molar-refractivity contribution in [3.05, 3.63) is 0 Å².